The summed E-state index contributed by atoms with van der Waals surface area (Å²) in [6.45, 7) is 1.03. The smallest absolute Gasteiger partial charge is 0.240 e. The molecule has 0 aromatic carbocycles. The molecule has 1 heterocycles. The Morgan fingerprint density at radius 2 is 2.47 bits per heavy atom. The van der Waals surface area contributed by atoms with E-state index in [0.717, 1.165) is 12.2 Å². The van der Waals surface area contributed by atoms with Gasteiger partial charge < -0.3 is 15.2 Å². The second-order valence-corrected chi connectivity index (χ2v) is 3.09. The van der Waals surface area contributed by atoms with Gasteiger partial charge in [0.05, 0.1) is 6.07 Å². The van der Waals surface area contributed by atoms with Crippen LogP contribution in [-0.4, -0.2) is 24.1 Å². The first-order valence-corrected chi connectivity index (χ1v) is 4.70. The molecule has 5 nitrogen and oxygen atoms in total. The number of hydrogen-bond donors (Lipinski definition) is 2. The molecule has 0 aliphatic rings. The molecule has 0 aliphatic heterocycles. The summed E-state index contributed by atoms with van der Waals surface area (Å²) in [6, 6.07) is 5.71. The fourth-order valence-electron chi connectivity index (χ4n) is 1.29. The number of amides is 1. The number of nitrogens with one attached hydrogen (secondary N) is 2. The number of carbonyl (C=O) groups excluding carboxylic acids is 1. The molecule has 80 valence electrons. The first kappa shape index (κ1) is 11.3. The number of nitriles is 1. The van der Waals surface area contributed by atoms with Crippen LogP contribution in [0.3, 0.4) is 0 Å². The highest BCUT2D eigenvalue weighted by Gasteiger charge is 2.04. The van der Waals surface area contributed by atoms with E-state index in [2.05, 4.69) is 10.6 Å². The summed E-state index contributed by atoms with van der Waals surface area (Å²) in [6.07, 6.45) is 1.85. The maximum Gasteiger partial charge on any atom is 0.240 e. The van der Waals surface area contributed by atoms with Crippen molar-refractivity contribution in [2.75, 3.05) is 13.6 Å². The highest BCUT2D eigenvalue weighted by Crippen LogP contribution is 2.01. The van der Waals surface area contributed by atoms with E-state index in [-0.39, 0.29) is 19.0 Å². The van der Waals surface area contributed by atoms with Crippen molar-refractivity contribution in [2.24, 2.45) is 0 Å². The quantitative estimate of drug-likeness (QED) is 0.658. The molecule has 0 radical (unpaired) electrons. The van der Waals surface area contributed by atoms with Crippen LogP contribution in [0.25, 0.3) is 0 Å². The van der Waals surface area contributed by atoms with E-state index in [4.69, 9.17) is 5.26 Å². The predicted octanol–water partition coefficient (Wildman–Crippen LogP) is -0.153. The van der Waals surface area contributed by atoms with Crippen LogP contribution in [0, 0.1) is 11.3 Å². The minimum Gasteiger partial charge on any atom is -0.341 e. The maximum absolute atomic E-state index is 11.3. The number of nitrogens with zero attached hydrogens (tertiary/aromatic N) is 2. The van der Waals surface area contributed by atoms with Crippen LogP contribution < -0.4 is 10.6 Å². The van der Waals surface area contributed by atoms with Gasteiger partial charge in [0.15, 0.2) is 0 Å². The molecule has 1 aromatic heterocycles. The van der Waals surface area contributed by atoms with Crippen molar-refractivity contribution < 1.29 is 4.79 Å². The summed E-state index contributed by atoms with van der Waals surface area (Å²) in [4.78, 5) is 11.3. The van der Waals surface area contributed by atoms with Gasteiger partial charge in [-0.15, -0.1) is 0 Å². The highest BCUT2D eigenvalue weighted by atomic mass is 16.1. The van der Waals surface area contributed by atoms with Crippen molar-refractivity contribution in [1.82, 2.24) is 15.2 Å². The lowest BCUT2D eigenvalue weighted by molar-refractivity contribution is -0.121. The lowest BCUT2D eigenvalue weighted by Crippen LogP contribution is -2.28. The first-order chi connectivity index (χ1) is 7.27. The van der Waals surface area contributed by atoms with Crippen LogP contribution in [0.1, 0.15) is 5.69 Å². The van der Waals surface area contributed by atoms with Gasteiger partial charge in [-0.2, -0.15) is 5.26 Å². The van der Waals surface area contributed by atoms with Crippen LogP contribution in [0.4, 0.5) is 0 Å². The Morgan fingerprint density at radius 3 is 3.13 bits per heavy atom. The van der Waals surface area contributed by atoms with Crippen LogP contribution in [0.15, 0.2) is 18.3 Å². The lowest BCUT2D eigenvalue weighted by Gasteiger charge is -2.07. The fourth-order valence-corrected chi connectivity index (χ4v) is 1.29. The van der Waals surface area contributed by atoms with E-state index >= 15 is 0 Å². The number of hydrogen-bond acceptors (Lipinski definition) is 3. The van der Waals surface area contributed by atoms with E-state index in [0.29, 0.717) is 0 Å². The van der Waals surface area contributed by atoms with Gasteiger partial charge in [0, 0.05) is 18.4 Å². The van der Waals surface area contributed by atoms with Crippen LogP contribution in [0.2, 0.25) is 0 Å². The molecule has 0 saturated carbocycles. The topological polar surface area (TPSA) is 69.8 Å². The molecule has 15 heavy (non-hydrogen) atoms. The van der Waals surface area contributed by atoms with Crippen molar-refractivity contribution in [1.29, 1.82) is 5.26 Å². The van der Waals surface area contributed by atoms with E-state index in [1.165, 1.54) is 0 Å². The Kier molecular flexibility index (Phi) is 4.38. The predicted molar refractivity (Wildman–Crippen MR) is 55.8 cm³/mol. The molecule has 0 atom stereocenters. The summed E-state index contributed by atoms with van der Waals surface area (Å²) in [7, 11) is 1.85. The lowest BCUT2D eigenvalue weighted by atomic mass is 10.4. The SMILES string of the molecule is CNCc1cccn1CC(=O)NCC#N. The van der Waals surface area contributed by atoms with E-state index in [1.807, 2.05) is 36.0 Å². The first-order valence-electron chi connectivity index (χ1n) is 4.70. The molecule has 0 bridgehead atoms. The van der Waals surface area contributed by atoms with E-state index in [9.17, 15) is 4.79 Å². The van der Waals surface area contributed by atoms with E-state index in [1.54, 1.807) is 0 Å². The van der Waals surface area contributed by atoms with Gasteiger partial charge in [0.1, 0.15) is 13.1 Å². The van der Waals surface area contributed by atoms with Crippen molar-refractivity contribution >= 4 is 5.91 Å². The second kappa shape index (κ2) is 5.83. The molecule has 0 spiro atoms. The van der Waals surface area contributed by atoms with Gasteiger partial charge in [0.25, 0.3) is 0 Å². The summed E-state index contributed by atoms with van der Waals surface area (Å²) in [5.41, 5.74) is 1.05. The third kappa shape index (κ3) is 3.44. The van der Waals surface area contributed by atoms with Gasteiger partial charge in [-0.1, -0.05) is 0 Å². The summed E-state index contributed by atoms with van der Waals surface area (Å²) >= 11 is 0. The molecule has 0 saturated heterocycles. The van der Waals surface area contributed by atoms with Crippen molar-refractivity contribution in [3.8, 4) is 6.07 Å². The molecule has 1 aromatic rings. The average molecular weight is 206 g/mol. The largest absolute Gasteiger partial charge is 0.341 e. The average Bonchev–Trinajstić information content (AvgIpc) is 2.63. The van der Waals surface area contributed by atoms with Gasteiger partial charge >= 0.3 is 0 Å². The zero-order valence-electron chi connectivity index (χ0n) is 8.66. The third-order valence-corrected chi connectivity index (χ3v) is 1.96. The minimum atomic E-state index is -0.148. The maximum atomic E-state index is 11.3. The number of aromatic nitrogens is 1. The number of rotatable bonds is 5. The highest BCUT2D eigenvalue weighted by molar-refractivity contribution is 5.76. The zero-order valence-corrected chi connectivity index (χ0v) is 8.66. The third-order valence-electron chi connectivity index (χ3n) is 1.96. The monoisotopic (exact) mass is 206 g/mol. The normalized spacial score (nSPS) is 9.60. The Bertz CT molecular complexity index is 364. The van der Waals surface area contributed by atoms with Crippen LogP contribution in [0.5, 0.6) is 0 Å². The molecular weight excluding hydrogens is 192 g/mol. The van der Waals surface area contributed by atoms with Crippen LogP contribution in [-0.2, 0) is 17.9 Å². The van der Waals surface area contributed by atoms with Gasteiger partial charge in [-0.3, -0.25) is 4.79 Å². The Morgan fingerprint density at radius 1 is 1.67 bits per heavy atom. The summed E-state index contributed by atoms with van der Waals surface area (Å²) in [5.74, 6) is -0.148. The van der Waals surface area contributed by atoms with Gasteiger partial charge in [-0.05, 0) is 19.2 Å². The summed E-state index contributed by atoms with van der Waals surface area (Å²) in [5, 5.41) is 13.8. The van der Waals surface area contributed by atoms with Crippen LogP contribution >= 0.6 is 0 Å². The van der Waals surface area contributed by atoms with Gasteiger partial charge in [-0.25, -0.2) is 0 Å². The molecular formula is C10H14N4O. The second-order valence-electron chi connectivity index (χ2n) is 3.09. The molecule has 1 rings (SSSR count). The fraction of sp³-hybridized carbons (Fsp3) is 0.400. The van der Waals surface area contributed by atoms with Gasteiger partial charge in [0.2, 0.25) is 5.91 Å². The Labute approximate surface area is 88.7 Å². The van der Waals surface area contributed by atoms with E-state index < -0.39 is 0 Å². The molecule has 1 amide bonds. The Balaban J connectivity index is 2.52. The van der Waals surface area contributed by atoms with Crippen molar-refractivity contribution in [2.45, 2.75) is 13.1 Å². The zero-order chi connectivity index (χ0) is 11.1. The molecule has 0 unspecified atom stereocenters. The molecule has 5 heteroatoms. The summed E-state index contributed by atoms with van der Waals surface area (Å²) < 4.78 is 1.85. The molecule has 0 fully saturated rings. The molecule has 0 aliphatic carbocycles. The number of carbonyl (C=O) groups is 1. The van der Waals surface area contributed by atoms with Crippen molar-refractivity contribution in [3.05, 3.63) is 24.0 Å². The molecule has 2 N–H and O–H groups in total. The standard InChI is InChI=1S/C10H14N4O/c1-12-7-9-3-2-6-14(9)8-10(15)13-5-4-11/h2-3,6,12H,5,7-8H2,1H3,(H,13,15). The van der Waals surface area contributed by atoms with Crippen molar-refractivity contribution in [3.63, 3.8) is 0 Å². The Hall–Kier alpha value is -1.80. The minimum absolute atomic E-state index is 0.0570.